The Kier molecular flexibility index (Phi) is 5.12. The van der Waals surface area contributed by atoms with Gasteiger partial charge in [0.25, 0.3) is 5.22 Å². The van der Waals surface area contributed by atoms with Crippen LogP contribution in [-0.4, -0.2) is 21.9 Å². The van der Waals surface area contributed by atoms with Crippen LogP contribution >= 0.6 is 11.8 Å². The standard InChI is InChI=1S/C22H19N3O2S/c1-14-10-11-17(12-15(14)2)23-20(26)13-28-22-25-24-21(27-22)19-9-5-7-16-6-3-4-8-18(16)19/h3-12H,13H2,1-2H3,(H,23,26). The fraction of sp³-hybridized carbons (Fsp3) is 0.136. The summed E-state index contributed by atoms with van der Waals surface area (Å²) in [5, 5.41) is 13.7. The highest BCUT2D eigenvalue weighted by molar-refractivity contribution is 7.99. The highest BCUT2D eigenvalue weighted by atomic mass is 32.2. The van der Waals surface area contributed by atoms with Gasteiger partial charge in [-0.05, 0) is 53.9 Å². The van der Waals surface area contributed by atoms with Crippen molar-refractivity contribution in [1.82, 2.24) is 10.2 Å². The minimum absolute atomic E-state index is 0.113. The number of amides is 1. The van der Waals surface area contributed by atoms with Crippen LogP contribution in [0.4, 0.5) is 5.69 Å². The molecule has 1 N–H and O–H groups in total. The van der Waals surface area contributed by atoms with Crippen molar-refractivity contribution in [2.75, 3.05) is 11.1 Å². The largest absolute Gasteiger partial charge is 0.411 e. The molecule has 5 nitrogen and oxygen atoms in total. The van der Waals surface area contributed by atoms with Gasteiger partial charge in [-0.25, -0.2) is 0 Å². The van der Waals surface area contributed by atoms with Crippen molar-refractivity contribution in [1.29, 1.82) is 0 Å². The molecule has 1 aromatic heterocycles. The number of aryl methyl sites for hydroxylation is 2. The van der Waals surface area contributed by atoms with E-state index in [-0.39, 0.29) is 11.7 Å². The number of nitrogens with zero attached hydrogens (tertiary/aromatic N) is 2. The van der Waals surface area contributed by atoms with E-state index in [1.54, 1.807) is 0 Å². The minimum atomic E-state index is -0.113. The van der Waals surface area contributed by atoms with E-state index in [1.165, 1.54) is 17.3 Å². The molecular weight excluding hydrogens is 370 g/mol. The van der Waals surface area contributed by atoms with Gasteiger partial charge in [-0.1, -0.05) is 54.2 Å². The first-order valence-corrected chi connectivity index (χ1v) is 9.90. The van der Waals surface area contributed by atoms with Crippen LogP contribution in [0.2, 0.25) is 0 Å². The van der Waals surface area contributed by atoms with Crippen LogP contribution in [0.3, 0.4) is 0 Å². The fourth-order valence-corrected chi connectivity index (χ4v) is 3.50. The number of rotatable bonds is 5. The van der Waals surface area contributed by atoms with Gasteiger partial charge in [0.05, 0.1) is 5.75 Å². The summed E-state index contributed by atoms with van der Waals surface area (Å²) in [6.07, 6.45) is 0. The fourth-order valence-electron chi connectivity index (χ4n) is 2.93. The van der Waals surface area contributed by atoms with Crippen molar-refractivity contribution in [3.63, 3.8) is 0 Å². The molecule has 6 heteroatoms. The van der Waals surface area contributed by atoms with Crippen molar-refractivity contribution in [3.05, 3.63) is 71.8 Å². The van der Waals surface area contributed by atoms with E-state index in [9.17, 15) is 4.79 Å². The zero-order valence-electron chi connectivity index (χ0n) is 15.6. The third kappa shape index (κ3) is 3.92. The van der Waals surface area contributed by atoms with Crippen LogP contribution in [0.1, 0.15) is 11.1 Å². The molecule has 0 aliphatic rings. The monoisotopic (exact) mass is 389 g/mol. The second-order valence-corrected chi connectivity index (χ2v) is 7.46. The normalized spacial score (nSPS) is 10.9. The SMILES string of the molecule is Cc1ccc(NC(=O)CSc2nnc(-c3cccc4ccccc34)o2)cc1C. The van der Waals surface area contributed by atoms with Gasteiger partial charge in [0.2, 0.25) is 11.8 Å². The summed E-state index contributed by atoms with van der Waals surface area (Å²) in [7, 11) is 0. The third-order valence-corrected chi connectivity index (χ3v) is 5.36. The zero-order valence-corrected chi connectivity index (χ0v) is 16.4. The van der Waals surface area contributed by atoms with Gasteiger partial charge in [-0.15, -0.1) is 10.2 Å². The summed E-state index contributed by atoms with van der Waals surface area (Å²) in [5.74, 6) is 0.538. The minimum Gasteiger partial charge on any atom is -0.411 e. The molecule has 4 rings (SSSR count). The maximum absolute atomic E-state index is 12.2. The maximum Gasteiger partial charge on any atom is 0.277 e. The lowest BCUT2D eigenvalue weighted by Gasteiger charge is -2.06. The highest BCUT2D eigenvalue weighted by Crippen LogP contribution is 2.29. The number of hydrogen-bond acceptors (Lipinski definition) is 5. The lowest BCUT2D eigenvalue weighted by molar-refractivity contribution is -0.113. The maximum atomic E-state index is 12.2. The van der Waals surface area contributed by atoms with Crippen LogP contribution in [0.25, 0.3) is 22.2 Å². The molecule has 1 heterocycles. The van der Waals surface area contributed by atoms with E-state index < -0.39 is 0 Å². The van der Waals surface area contributed by atoms with Crippen molar-refractivity contribution in [2.45, 2.75) is 19.1 Å². The molecule has 0 radical (unpaired) electrons. The van der Waals surface area contributed by atoms with E-state index in [0.717, 1.165) is 27.6 Å². The average molecular weight is 389 g/mol. The molecule has 0 unspecified atom stereocenters. The summed E-state index contributed by atoms with van der Waals surface area (Å²) in [6.45, 7) is 4.06. The molecule has 0 aliphatic heterocycles. The lowest BCUT2D eigenvalue weighted by atomic mass is 10.0. The number of aromatic nitrogens is 2. The Morgan fingerprint density at radius 2 is 1.82 bits per heavy atom. The summed E-state index contributed by atoms with van der Waals surface area (Å²) in [4.78, 5) is 12.2. The number of nitrogens with one attached hydrogen (secondary N) is 1. The molecule has 4 aromatic rings. The lowest BCUT2D eigenvalue weighted by Crippen LogP contribution is -2.14. The zero-order chi connectivity index (χ0) is 19.5. The van der Waals surface area contributed by atoms with E-state index in [0.29, 0.717) is 11.1 Å². The number of hydrogen-bond donors (Lipinski definition) is 1. The van der Waals surface area contributed by atoms with E-state index in [4.69, 9.17) is 4.42 Å². The average Bonchev–Trinajstić information content (AvgIpc) is 3.18. The van der Waals surface area contributed by atoms with Crippen LogP contribution in [0.5, 0.6) is 0 Å². The third-order valence-electron chi connectivity index (χ3n) is 4.54. The van der Waals surface area contributed by atoms with Gasteiger partial charge in [0, 0.05) is 11.3 Å². The van der Waals surface area contributed by atoms with Gasteiger partial charge in [-0.2, -0.15) is 0 Å². The molecule has 0 aliphatic carbocycles. The molecule has 28 heavy (non-hydrogen) atoms. The molecule has 0 atom stereocenters. The first-order valence-electron chi connectivity index (χ1n) is 8.92. The summed E-state index contributed by atoms with van der Waals surface area (Å²) >= 11 is 1.22. The summed E-state index contributed by atoms with van der Waals surface area (Å²) in [5.41, 5.74) is 4.01. The van der Waals surface area contributed by atoms with Gasteiger partial charge in [0.1, 0.15) is 0 Å². The molecule has 140 valence electrons. The van der Waals surface area contributed by atoms with Crippen molar-refractivity contribution in [3.8, 4) is 11.5 Å². The number of anilines is 1. The molecular formula is C22H19N3O2S. The topological polar surface area (TPSA) is 68.0 Å². The highest BCUT2D eigenvalue weighted by Gasteiger charge is 2.13. The molecule has 0 fully saturated rings. The van der Waals surface area contributed by atoms with Crippen molar-refractivity contribution in [2.24, 2.45) is 0 Å². The number of thioether (sulfide) groups is 1. The first kappa shape index (κ1) is 18.3. The van der Waals surface area contributed by atoms with Crippen LogP contribution in [0.15, 0.2) is 70.3 Å². The first-order chi connectivity index (χ1) is 13.6. The second kappa shape index (κ2) is 7.86. The van der Waals surface area contributed by atoms with Crippen LogP contribution < -0.4 is 5.32 Å². The quantitative estimate of drug-likeness (QED) is 0.473. The molecule has 0 saturated carbocycles. The number of carbonyl (C=O) groups is 1. The predicted octanol–water partition coefficient (Wildman–Crippen LogP) is 5.24. The molecule has 0 saturated heterocycles. The molecule has 1 amide bonds. The van der Waals surface area contributed by atoms with Gasteiger partial charge >= 0.3 is 0 Å². The predicted molar refractivity (Wildman–Crippen MR) is 113 cm³/mol. The van der Waals surface area contributed by atoms with Gasteiger partial charge in [-0.3, -0.25) is 4.79 Å². The summed E-state index contributed by atoms with van der Waals surface area (Å²) in [6, 6.07) is 19.9. The Morgan fingerprint density at radius 1 is 1.00 bits per heavy atom. The van der Waals surface area contributed by atoms with E-state index in [1.807, 2.05) is 74.5 Å². The second-order valence-electron chi connectivity index (χ2n) is 6.54. The van der Waals surface area contributed by atoms with Crippen molar-refractivity contribution >= 4 is 34.1 Å². The molecule has 0 spiro atoms. The Labute approximate surface area is 167 Å². The van der Waals surface area contributed by atoms with Gasteiger partial charge in [0.15, 0.2) is 0 Å². The van der Waals surface area contributed by atoms with E-state index >= 15 is 0 Å². The van der Waals surface area contributed by atoms with Crippen LogP contribution in [-0.2, 0) is 4.79 Å². The van der Waals surface area contributed by atoms with Gasteiger partial charge < -0.3 is 9.73 Å². The number of fused-ring (bicyclic) bond motifs is 1. The Balaban J connectivity index is 1.43. The summed E-state index contributed by atoms with van der Waals surface area (Å²) < 4.78 is 5.77. The Morgan fingerprint density at radius 3 is 2.68 bits per heavy atom. The van der Waals surface area contributed by atoms with Crippen molar-refractivity contribution < 1.29 is 9.21 Å². The van der Waals surface area contributed by atoms with E-state index in [2.05, 4.69) is 15.5 Å². The number of benzene rings is 3. The number of carbonyl (C=O) groups excluding carboxylic acids is 1. The Bertz CT molecular complexity index is 1150. The molecule has 3 aromatic carbocycles. The Hall–Kier alpha value is -3.12. The smallest absolute Gasteiger partial charge is 0.277 e. The van der Waals surface area contributed by atoms with Crippen LogP contribution in [0, 0.1) is 13.8 Å². The molecule has 0 bridgehead atoms.